The molecule has 1 aliphatic heterocycles. The van der Waals surface area contributed by atoms with Crippen molar-refractivity contribution in [3.63, 3.8) is 0 Å². The molecule has 3 aliphatic rings. The maximum absolute atomic E-state index is 15.6. The summed E-state index contributed by atoms with van der Waals surface area (Å²) in [5.41, 5.74) is -0.954. The van der Waals surface area contributed by atoms with Gasteiger partial charge >= 0.3 is 0 Å². The standard InChI is InChI=1S/C35H46F2N2O5S/c1-6-26-27(9-7-10-29(26)36)28-19-24(33(4,5)32(41)39-45(42,43)22(2)3)12-14-30(28)44-25-13-11-23(17-25)18-31(40)35(37)20-34(38-21-35)15-8-16-34/h7,9-10,12,14,19,22-23,25,38H,6,8,11,13,15-18,20-21H2,1-5H3,(H,39,41)/t23-,25-,35+/m1/s1. The third-order valence-electron chi connectivity index (χ3n) is 10.3. The van der Waals surface area contributed by atoms with Gasteiger partial charge in [0.25, 0.3) is 0 Å². The van der Waals surface area contributed by atoms with E-state index in [4.69, 9.17) is 4.74 Å². The second kappa shape index (κ2) is 12.4. The molecule has 7 nitrogen and oxygen atoms in total. The van der Waals surface area contributed by atoms with E-state index in [1.54, 1.807) is 38.1 Å². The maximum Gasteiger partial charge on any atom is 0.243 e. The highest BCUT2D eigenvalue weighted by Gasteiger charge is 2.55. The first-order valence-corrected chi connectivity index (χ1v) is 17.8. The molecule has 0 aromatic heterocycles. The molecule has 1 spiro atoms. The topological polar surface area (TPSA) is 102 Å². The zero-order valence-electron chi connectivity index (χ0n) is 27.0. The van der Waals surface area contributed by atoms with Gasteiger partial charge in [-0.05, 0) is 113 Å². The number of benzene rings is 2. The lowest BCUT2D eigenvalue weighted by Crippen LogP contribution is -2.46. The average Bonchev–Trinajstić information content (AvgIpc) is 3.57. The fourth-order valence-electron chi connectivity index (χ4n) is 7.00. The van der Waals surface area contributed by atoms with Crippen LogP contribution in [0.1, 0.15) is 97.1 Å². The van der Waals surface area contributed by atoms with Crippen LogP contribution in [0.25, 0.3) is 11.1 Å². The van der Waals surface area contributed by atoms with Crippen LogP contribution < -0.4 is 14.8 Å². The molecular formula is C35H46F2N2O5S. The van der Waals surface area contributed by atoms with Crippen molar-refractivity contribution in [2.75, 3.05) is 6.54 Å². The summed E-state index contributed by atoms with van der Waals surface area (Å²) in [6, 6.07) is 10.1. The molecule has 0 radical (unpaired) electrons. The Morgan fingerprint density at radius 3 is 2.49 bits per heavy atom. The van der Waals surface area contributed by atoms with Crippen LogP contribution in [0, 0.1) is 11.7 Å². The van der Waals surface area contributed by atoms with Crippen LogP contribution in [0.5, 0.6) is 5.75 Å². The predicted molar refractivity (Wildman–Crippen MR) is 171 cm³/mol. The van der Waals surface area contributed by atoms with Crippen LogP contribution in [-0.2, 0) is 31.4 Å². The van der Waals surface area contributed by atoms with E-state index in [2.05, 4.69) is 10.0 Å². The van der Waals surface area contributed by atoms with Crippen molar-refractivity contribution in [2.24, 2.45) is 5.92 Å². The maximum atomic E-state index is 15.6. The van der Waals surface area contributed by atoms with E-state index in [9.17, 15) is 22.4 Å². The number of carbonyl (C=O) groups is 2. The minimum absolute atomic E-state index is 0.0155. The van der Waals surface area contributed by atoms with E-state index in [0.717, 1.165) is 25.7 Å². The van der Waals surface area contributed by atoms with E-state index in [-0.39, 0.29) is 48.5 Å². The predicted octanol–water partition coefficient (Wildman–Crippen LogP) is 6.32. The normalized spacial score (nSPS) is 24.5. The Labute approximate surface area is 265 Å². The molecule has 1 saturated heterocycles. The molecule has 3 atom stereocenters. The van der Waals surface area contributed by atoms with E-state index in [0.29, 0.717) is 47.3 Å². The van der Waals surface area contributed by atoms with Gasteiger partial charge in [0.2, 0.25) is 15.9 Å². The number of halogens is 2. The molecule has 2 aromatic carbocycles. The van der Waals surface area contributed by atoms with Crippen LogP contribution in [-0.4, -0.2) is 49.2 Å². The summed E-state index contributed by atoms with van der Waals surface area (Å²) in [4.78, 5) is 26.3. The third kappa shape index (κ3) is 6.68. The summed E-state index contributed by atoms with van der Waals surface area (Å²) >= 11 is 0. The molecule has 2 N–H and O–H groups in total. The minimum atomic E-state index is -3.84. The number of carbonyl (C=O) groups excluding carboxylic acids is 2. The Morgan fingerprint density at radius 1 is 1.13 bits per heavy atom. The van der Waals surface area contributed by atoms with Crippen LogP contribution in [0.2, 0.25) is 0 Å². The van der Waals surface area contributed by atoms with Gasteiger partial charge in [0.15, 0.2) is 11.5 Å². The van der Waals surface area contributed by atoms with Crippen molar-refractivity contribution in [1.29, 1.82) is 0 Å². The van der Waals surface area contributed by atoms with Crippen LogP contribution in [0.15, 0.2) is 36.4 Å². The molecule has 2 aliphatic carbocycles. The SMILES string of the molecule is CCc1c(F)cccc1-c1cc(C(C)(C)C(=O)NS(=O)(=O)C(C)C)ccc1O[C@@H]1CC[C@@H](CC(=O)[C@@]2(F)CNC3(CCC3)C2)C1. The highest BCUT2D eigenvalue weighted by molar-refractivity contribution is 7.90. The number of ketones is 1. The lowest BCUT2D eigenvalue weighted by molar-refractivity contribution is -0.131. The summed E-state index contributed by atoms with van der Waals surface area (Å²) in [6.07, 6.45) is 5.65. The molecule has 0 unspecified atom stereocenters. The zero-order valence-corrected chi connectivity index (χ0v) is 27.8. The first kappa shape index (κ1) is 33.5. The molecule has 246 valence electrons. The molecule has 2 saturated carbocycles. The Balaban J connectivity index is 1.37. The average molecular weight is 645 g/mol. The van der Waals surface area contributed by atoms with Crippen LogP contribution in [0.4, 0.5) is 8.78 Å². The number of sulfonamides is 1. The number of ether oxygens (including phenoxy) is 1. The molecule has 10 heteroatoms. The number of alkyl halides is 1. The fourth-order valence-corrected chi connectivity index (χ4v) is 7.75. The molecule has 5 rings (SSSR count). The van der Waals surface area contributed by atoms with Gasteiger partial charge < -0.3 is 10.1 Å². The molecular weight excluding hydrogens is 598 g/mol. The first-order chi connectivity index (χ1) is 21.1. The lowest BCUT2D eigenvalue weighted by Gasteiger charge is -2.38. The number of rotatable bonds is 11. The highest BCUT2D eigenvalue weighted by atomic mass is 32.2. The number of hydrogen-bond acceptors (Lipinski definition) is 6. The summed E-state index contributed by atoms with van der Waals surface area (Å²) < 4.78 is 64.3. The van der Waals surface area contributed by atoms with E-state index in [1.807, 2.05) is 13.0 Å². The van der Waals surface area contributed by atoms with Crippen molar-refractivity contribution in [3.05, 3.63) is 53.3 Å². The van der Waals surface area contributed by atoms with Crippen LogP contribution >= 0.6 is 0 Å². The second-order valence-corrected chi connectivity index (χ2v) is 16.4. The van der Waals surface area contributed by atoms with Gasteiger partial charge in [0, 0.05) is 30.5 Å². The van der Waals surface area contributed by atoms with Gasteiger partial charge in [0.05, 0.1) is 16.8 Å². The van der Waals surface area contributed by atoms with Crippen molar-refractivity contribution in [1.82, 2.24) is 10.0 Å². The van der Waals surface area contributed by atoms with Crippen LogP contribution in [0.3, 0.4) is 0 Å². The number of Topliss-reactive ketones (excluding diaryl/α,β-unsaturated/α-hetero) is 1. The number of amides is 1. The molecule has 45 heavy (non-hydrogen) atoms. The smallest absolute Gasteiger partial charge is 0.243 e. The number of nitrogens with one attached hydrogen (secondary N) is 2. The van der Waals surface area contributed by atoms with Crippen molar-refractivity contribution >= 4 is 21.7 Å². The first-order valence-electron chi connectivity index (χ1n) is 16.2. The summed E-state index contributed by atoms with van der Waals surface area (Å²) in [5, 5.41) is 2.50. The monoisotopic (exact) mass is 644 g/mol. The second-order valence-electron chi connectivity index (χ2n) is 14.2. The molecule has 1 amide bonds. The minimum Gasteiger partial charge on any atom is -0.490 e. The van der Waals surface area contributed by atoms with E-state index >= 15 is 4.39 Å². The van der Waals surface area contributed by atoms with E-state index < -0.39 is 32.3 Å². The molecule has 2 aromatic rings. The Bertz CT molecular complexity index is 1570. The van der Waals surface area contributed by atoms with Gasteiger partial charge in [-0.3, -0.25) is 14.3 Å². The Kier molecular flexibility index (Phi) is 9.23. The molecule has 1 heterocycles. The largest absolute Gasteiger partial charge is 0.490 e. The molecule has 3 fully saturated rings. The van der Waals surface area contributed by atoms with Crippen molar-refractivity contribution < 1.29 is 31.5 Å². The summed E-state index contributed by atoms with van der Waals surface area (Å²) in [6.45, 7) is 8.25. The quantitative estimate of drug-likeness (QED) is 0.297. The van der Waals surface area contributed by atoms with Crippen molar-refractivity contribution in [2.45, 2.75) is 120 Å². The van der Waals surface area contributed by atoms with E-state index in [1.165, 1.54) is 19.9 Å². The molecule has 0 bridgehead atoms. The van der Waals surface area contributed by atoms with Gasteiger partial charge in [-0.2, -0.15) is 0 Å². The fraction of sp³-hybridized carbons (Fsp3) is 0.600. The number of hydrogen-bond donors (Lipinski definition) is 2. The lowest BCUT2D eigenvalue weighted by atomic mass is 9.73. The van der Waals surface area contributed by atoms with Gasteiger partial charge in [-0.15, -0.1) is 0 Å². The summed E-state index contributed by atoms with van der Waals surface area (Å²) in [7, 11) is -3.84. The highest BCUT2D eigenvalue weighted by Crippen LogP contribution is 2.46. The Morgan fingerprint density at radius 2 is 1.87 bits per heavy atom. The van der Waals surface area contributed by atoms with Gasteiger partial charge in [0.1, 0.15) is 11.6 Å². The third-order valence-corrected chi connectivity index (χ3v) is 12.0. The Hall–Kier alpha value is -2.85. The van der Waals surface area contributed by atoms with Gasteiger partial charge in [-0.1, -0.05) is 25.1 Å². The van der Waals surface area contributed by atoms with Crippen molar-refractivity contribution in [3.8, 4) is 16.9 Å². The summed E-state index contributed by atoms with van der Waals surface area (Å²) in [5.74, 6) is -0.809. The zero-order chi connectivity index (χ0) is 32.8. The van der Waals surface area contributed by atoms with Gasteiger partial charge in [-0.25, -0.2) is 17.2 Å².